The van der Waals surface area contributed by atoms with Gasteiger partial charge in [0.25, 0.3) is 0 Å². The molecule has 0 heterocycles. The van der Waals surface area contributed by atoms with Crippen molar-refractivity contribution in [1.29, 1.82) is 0 Å². The zero-order valence-electron chi connectivity index (χ0n) is 14.5. The normalized spacial score (nSPS) is 11.1. The molecule has 134 valence electrons. The van der Waals surface area contributed by atoms with Crippen molar-refractivity contribution in [2.24, 2.45) is 0 Å². The molecule has 0 aromatic heterocycles. The van der Waals surface area contributed by atoms with Crippen LogP contribution in [-0.2, 0) is 10.4 Å². The number of hydrogen-bond donors (Lipinski definition) is 2. The van der Waals surface area contributed by atoms with Crippen molar-refractivity contribution in [1.82, 2.24) is 0 Å². The Labute approximate surface area is 148 Å². The summed E-state index contributed by atoms with van der Waals surface area (Å²) in [5, 5.41) is 0. The monoisotopic (exact) mass is 444 g/mol. The molecule has 0 saturated heterocycles. The van der Waals surface area contributed by atoms with Gasteiger partial charge in [-0.25, -0.2) is 0 Å². The molecule has 2 N–H and O–H groups in total. The summed E-state index contributed by atoms with van der Waals surface area (Å²) >= 11 is 0.0736. The number of unbranched alkanes of at least 4 members (excludes halogenated alkanes) is 10. The Kier molecular flexibility index (Phi) is 22.3. The second kappa shape index (κ2) is 19.7. The van der Waals surface area contributed by atoms with Crippen molar-refractivity contribution in [2.45, 2.75) is 99.8 Å². The Bertz CT molecular complexity index is 273. The van der Waals surface area contributed by atoms with Crippen molar-refractivity contribution in [2.75, 3.05) is 0 Å². The van der Waals surface area contributed by atoms with Gasteiger partial charge >= 0.3 is 131 Å². The molecule has 0 amide bonds. The molecule has 0 saturated carbocycles. The Morgan fingerprint density at radius 2 is 0.909 bits per heavy atom. The Morgan fingerprint density at radius 1 is 0.636 bits per heavy atom. The van der Waals surface area contributed by atoms with E-state index in [2.05, 4.69) is 13.8 Å². The van der Waals surface area contributed by atoms with Crippen LogP contribution in [0.25, 0.3) is 0 Å². The molecule has 0 aliphatic rings. The number of rotatable bonds is 14. The molecule has 4 nitrogen and oxygen atoms in total. The summed E-state index contributed by atoms with van der Waals surface area (Å²) in [5.41, 5.74) is 0. The molecule has 6 heteroatoms. The van der Waals surface area contributed by atoms with Crippen molar-refractivity contribution < 1.29 is 17.5 Å². The molecule has 22 heavy (non-hydrogen) atoms. The molecule has 0 aliphatic heterocycles. The average Bonchev–Trinajstić information content (AvgIpc) is 2.42. The van der Waals surface area contributed by atoms with Crippen LogP contribution in [-0.4, -0.2) is 38.7 Å². The summed E-state index contributed by atoms with van der Waals surface area (Å²) in [6.45, 7) is 4.60. The summed E-state index contributed by atoms with van der Waals surface area (Å²) in [5.74, 6) is 0. The van der Waals surface area contributed by atoms with E-state index in [9.17, 15) is 0 Å². The van der Waals surface area contributed by atoms with E-state index in [4.69, 9.17) is 17.5 Å². The van der Waals surface area contributed by atoms with Crippen LogP contribution < -0.4 is 0 Å². The van der Waals surface area contributed by atoms with Crippen LogP contribution in [0.2, 0.25) is 8.87 Å². The minimum atomic E-state index is -4.67. The Balaban J connectivity index is 0. The first-order chi connectivity index (χ1) is 10.4. The molecule has 0 rings (SSSR count). The van der Waals surface area contributed by atoms with Gasteiger partial charge in [-0.15, -0.1) is 0 Å². The van der Waals surface area contributed by atoms with Crippen LogP contribution in [0.4, 0.5) is 0 Å². The smallest absolute Gasteiger partial charge is 0.264 e. The quantitative estimate of drug-likeness (QED) is 0.208. The van der Waals surface area contributed by atoms with Gasteiger partial charge in [0.1, 0.15) is 0 Å². The topological polar surface area (TPSA) is 74.6 Å². The SMILES string of the molecule is CCCCCCC[CH2][Sn][CH2]CCCCCCC.O=S(=O)(O)O. The van der Waals surface area contributed by atoms with Crippen LogP contribution >= 0.6 is 0 Å². The summed E-state index contributed by atoms with van der Waals surface area (Å²) in [4.78, 5) is 0. The predicted octanol–water partition coefficient (Wildman–Crippen LogP) is 5.60. The van der Waals surface area contributed by atoms with Crippen LogP contribution in [0.15, 0.2) is 0 Å². The van der Waals surface area contributed by atoms with Crippen molar-refractivity contribution >= 4 is 31.5 Å². The summed E-state index contributed by atoms with van der Waals surface area (Å²) in [6, 6.07) is 0. The zero-order chi connectivity index (χ0) is 17.1. The maximum absolute atomic E-state index is 8.74. The molecule has 0 unspecified atom stereocenters. The van der Waals surface area contributed by atoms with E-state index >= 15 is 0 Å². The Hall–Kier alpha value is 0.669. The first kappa shape index (κ1) is 24.9. The molecular weight excluding hydrogens is 407 g/mol. The molecule has 0 spiro atoms. The fourth-order valence-corrected chi connectivity index (χ4v) is 5.75. The second-order valence-electron chi connectivity index (χ2n) is 5.73. The van der Waals surface area contributed by atoms with Gasteiger partial charge in [-0.05, 0) is 0 Å². The van der Waals surface area contributed by atoms with Crippen molar-refractivity contribution in [3.05, 3.63) is 0 Å². The minimum absolute atomic E-state index is 0.0736. The first-order valence-electron chi connectivity index (χ1n) is 8.82. The first-order valence-corrected chi connectivity index (χ1v) is 14.3. The standard InChI is InChI=1S/2C8H17.H2O4S.Sn/c2*1-3-5-7-8-6-4-2;1-5(2,3)4;/h2*1,3-8H2,2H3;(H2,1,2,3,4);. The zero-order valence-corrected chi connectivity index (χ0v) is 18.2. The van der Waals surface area contributed by atoms with E-state index < -0.39 is 10.4 Å². The average molecular weight is 443 g/mol. The molecule has 2 radical (unpaired) electrons. The predicted molar refractivity (Wildman–Crippen MR) is 96.3 cm³/mol. The molecule has 0 fully saturated rings. The van der Waals surface area contributed by atoms with Gasteiger partial charge in [-0.3, -0.25) is 9.11 Å². The maximum atomic E-state index is 8.74. The third-order valence-electron chi connectivity index (χ3n) is 3.41. The third-order valence-corrected chi connectivity index (χ3v) is 7.45. The largest absolute Gasteiger partial charge is 0.394 e. The van der Waals surface area contributed by atoms with Crippen molar-refractivity contribution in [3.8, 4) is 0 Å². The van der Waals surface area contributed by atoms with Gasteiger partial charge < -0.3 is 0 Å². The van der Waals surface area contributed by atoms with E-state index in [-0.39, 0.29) is 21.1 Å². The van der Waals surface area contributed by atoms with Gasteiger partial charge in [-0.2, -0.15) is 8.42 Å². The Morgan fingerprint density at radius 3 is 1.23 bits per heavy atom. The molecule has 0 atom stereocenters. The number of hydrogen-bond acceptors (Lipinski definition) is 2. The van der Waals surface area contributed by atoms with E-state index in [1.807, 2.05) is 0 Å². The third kappa shape index (κ3) is 37.2. The van der Waals surface area contributed by atoms with Gasteiger partial charge in [0.2, 0.25) is 0 Å². The molecule has 0 aromatic rings. The van der Waals surface area contributed by atoms with Gasteiger partial charge in [0.05, 0.1) is 0 Å². The van der Waals surface area contributed by atoms with Crippen LogP contribution in [0.1, 0.15) is 90.9 Å². The van der Waals surface area contributed by atoms with Crippen molar-refractivity contribution in [3.63, 3.8) is 0 Å². The van der Waals surface area contributed by atoms with Crippen LogP contribution in [0.5, 0.6) is 0 Å². The van der Waals surface area contributed by atoms with Crippen LogP contribution in [0.3, 0.4) is 0 Å². The van der Waals surface area contributed by atoms with E-state index in [1.165, 1.54) is 64.2 Å². The van der Waals surface area contributed by atoms with Gasteiger partial charge in [-0.1, -0.05) is 0 Å². The summed E-state index contributed by atoms with van der Waals surface area (Å²) in [7, 11) is -4.67. The van der Waals surface area contributed by atoms with Crippen LogP contribution in [0, 0.1) is 0 Å². The molecule has 0 aromatic carbocycles. The fourth-order valence-electron chi connectivity index (χ4n) is 2.19. The van der Waals surface area contributed by atoms with Gasteiger partial charge in [0, 0.05) is 0 Å². The maximum Gasteiger partial charge on any atom is 0.394 e. The molecule has 0 bridgehead atoms. The van der Waals surface area contributed by atoms with E-state index in [1.54, 1.807) is 21.7 Å². The summed E-state index contributed by atoms with van der Waals surface area (Å²) in [6.07, 6.45) is 17.8. The molecule has 0 aliphatic carbocycles. The second-order valence-corrected chi connectivity index (χ2v) is 10.9. The fraction of sp³-hybridized carbons (Fsp3) is 1.00. The van der Waals surface area contributed by atoms with Gasteiger partial charge in [0.15, 0.2) is 0 Å². The minimum Gasteiger partial charge on any atom is -0.264 e. The summed E-state index contributed by atoms with van der Waals surface area (Å²) < 4.78 is 34.9. The van der Waals surface area contributed by atoms with E-state index in [0.29, 0.717) is 0 Å². The van der Waals surface area contributed by atoms with E-state index in [0.717, 1.165) is 0 Å². The molecular formula is C16H36O4SSn.